The number of ether oxygens (including phenoxy) is 1. The molecule has 0 amide bonds. The summed E-state index contributed by atoms with van der Waals surface area (Å²) in [7, 11) is -3.94. The van der Waals surface area contributed by atoms with Crippen molar-refractivity contribution in [2.24, 2.45) is 4.99 Å². The Balaban J connectivity index is 1.80. The van der Waals surface area contributed by atoms with Gasteiger partial charge in [-0.05, 0) is 92.9 Å². The predicted octanol–water partition coefficient (Wildman–Crippen LogP) is 6.13. The third-order valence-corrected chi connectivity index (χ3v) is 6.17. The quantitative estimate of drug-likeness (QED) is 0.268. The van der Waals surface area contributed by atoms with E-state index in [4.69, 9.17) is 8.92 Å². The van der Waals surface area contributed by atoms with Crippen molar-refractivity contribution < 1.29 is 17.3 Å². The van der Waals surface area contributed by atoms with Gasteiger partial charge in [0, 0.05) is 6.21 Å². The van der Waals surface area contributed by atoms with Gasteiger partial charge in [0.15, 0.2) is 5.75 Å². The van der Waals surface area contributed by atoms with E-state index in [0.29, 0.717) is 15.6 Å². The minimum Gasteiger partial charge on any atom is -0.494 e. The van der Waals surface area contributed by atoms with E-state index in [2.05, 4.69) is 36.9 Å². The monoisotopic (exact) mass is 537 g/mol. The van der Waals surface area contributed by atoms with Gasteiger partial charge >= 0.3 is 10.1 Å². The zero-order valence-corrected chi connectivity index (χ0v) is 19.4. The summed E-state index contributed by atoms with van der Waals surface area (Å²) < 4.78 is 36.7. The number of rotatable bonds is 7. The van der Waals surface area contributed by atoms with Gasteiger partial charge in [-0.3, -0.25) is 4.99 Å². The molecule has 29 heavy (non-hydrogen) atoms. The van der Waals surface area contributed by atoms with Gasteiger partial charge in [0.1, 0.15) is 10.6 Å². The lowest BCUT2D eigenvalue weighted by atomic mass is 10.2. The molecule has 0 N–H and O–H groups in total. The molecule has 0 heterocycles. The predicted molar refractivity (Wildman–Crippen MR) is 121 cm³/mol. The van der Waals surface area contributed by atoms with Gasteiger partial charge in [-0.25, -0.2) is 0 Å². The lowest BCUT2D eigenvalue weighted by Gasteiger charge is -2.11. The van der Waals surface area contributed by atoms with Crippen LogP contribution in [-0.4, -0.2) is 21.2 Å². The summed E-state index contributed by atoms with van der Waals surface area (Å²) in [6.45, 7) is 2.54. The van der Waals surface area contributed by atoms with Gasteiger partial charge in [-0.2, -0.15) is 8.42 Å². The molecule has 0 aliphatic heterocycles. The maximum atomic E-state index is 12.5. The van der Waals surface area contributed by atoms with Crippen LogP contribution in [0.25, 0.3) is 0 Å². The Morgan fingerprint density at radius 3 is 2.17 bits per heavy atom. The van der Waals surface area contributed by atoms with E-state index in [1.807, 2.05) is 31.2 Å². The molecule has 0 aliphatic carbocycles. The van der Waals surface area contributed by atoms with Crippen LogP contribution >= 0.6 is 31.9 Å². The first-order chi connectivity index (χ1) is 13.9. The average Bonchev–Trinajstić information content (AvgIpc) is 2.71. The Morgan fingerprint density at radius 2 is 1.59 bits per heavy atom. The average molecular weight is 539 g/mol. The maximum absolute atomic E-state index is 12.5. The van der Waals surface area contributed by atoms with Crippen LogP contribution in [-0.2, 0) is 10.1 Å². The molecule has 3 rings (SSSR count). The van der Waals surface area contributed by atoms with Crippen molar-refractivity contribution in [2.45, 2.75) is 11.8 Å². The third kappa shape index (κ3) is 5.68. The number of benzene rings is 3. The van der Waals surface area contributed by atoms with Crippen molar-refractivity contribution in [2.75, 3.05) is 6.61 Å². The molecule has 0 bridgehead atoms. The smallest absolute Gasteiger partial charge is 0.339 e. The molecule has 3 aromatic carbocycles. The number of aliphatic imine (C=N–C) groups is 1. The molecule has 3 aromatic rings. The number of hydrogen-bond acceptors (Lipinski definition) is 5. The van der Waals surface area contributed by atoms with E-state index in [1.54, 1.807) is 36.5 Å². The Morgan fingerprint density at radius 1 is 0.966 bits per heavy atom. The van der Waals surface area contributed by atoms with Crippen LogP contribution in [0.3, 0.4) is 0 Å². The summed E-state index contributed by atoms with van der Waals surface area (Å²) in [6.07, 6.45) is 1.68. The second kappa shape index (κ2) is 9.56. The van der Waals surface area contributed by atoms with Crippen molar-refractivity contribution in [3.05, 3.63) is 81.2 Å². The molecule has 0 saturated carbocycles. The Bertz CT molecular complexity index is 1090. The fourth-order valence-electron chi connectivity index (χ4n) is 2.42. The highest BCUT2D eigenvalue weighted by Gasteiger charge is 2.20. The fraction of sp³-hybridized carbons (Fsp3) is 0.0952. The van der Waals surface area contributed by atoms with Crippen LogP contribution in [0.1, 0.15) is 12.5 Å². The Kier molecular flexibility index (Phi) is 7.10. The Hall–Kier alpha value is -2.16. The summed E-state index contributed by atoms with van der Waals surface area (Å²) in [4.78, 5) is 4.51. The normalized spacial score (nSPS) is 11.6. The molecular weight excluding hydrogens is 522 g/mol. The zero-order chi connectivity index (χ0) is 20.9. The van der Waals surface area contributed by atoms with Gasteiger partial charge in [-0.15, -0.1) is 0 Å². The maximum Gasteiger partial charge on any atom is 0.339 e. The molecule has 0 aliphatic rings. The van der Waals surface area contributed by atoms with E-state index < -0.39 is 10.1 Å². The molecule has 0 spiro atoms. The van der Waals surface area contributed by atoms with Crippen LogP contribution in [0.5, 0.6) is 11.5 Å². The van der Waals surface area contributed by atoms with Crippen molar-refractivity contribution in [1.29, 1.82) is 0 Å². The highest BCUT2D eigenvalue weighted by atomic mass is 79.9. The molecule has 0 fully saturated rings. The first-order valence-corrected chi connectivity index (χ1v) is 11.6. The van der Waals surface area contributed by atoms with Crippen molar-refractivity contribution in [1.82, 2.24) is 0 Å². The van der Waals surface area contributed by atoms with E-state index in [1.165, 1.54) is 12.1 Å². The van der Waals surface area contributed by atoms with E-state index in [9.17, 15) is 8.42 Å². The van der Waals surface area contributed by atoms with Crippen molar-refractivity contribution >= 4 is 53.9 Å². The SMILES string of the molecule is CCOc1ccc(N=Cc2cc(Br)c(OS(=O)(=O)c3ccccc3)c(Br)c2)cc1. The lowest BCUT2D eigenvalue weighted by Crippen LogP contribution is -2.10. The first-order valence-electron chi connectivity index (χ1n) is 8.64. The summed E-state index contributed by atoms with van der Waals surface area (Å²) in [5.74, 6) is 0.963. The largest absolute Gasteiger partial charge is 0.494 e. The summed E-state index contributed by atoms with van der Waals surface area (Å²) in [5.41, 5.74) is 1.54. The van der Waals surface area contributed by atoms with Gasteiger partial charge in [-0.1, -0.05) is 18.2 Å². The lowest BCUT2D eigenvalue weighted by molar-refractivity contribution is 0.340. The third-order valence-electron chi connectivity index (χ3n) is 3.76. The number of nitrogens with zero attached hydrogens (tertiary/aromatic N) is 1. The molecule has 0 unspecified atom stereocenters. The molecular formula is C21H17Br2NO4S. The minimum absolute atomic E-state index is 0.0833. The molecule has 0 atom stereocenters. The summed E-state index contributed by atoms with van der Waals surface area (Å²) in [5, 5.41) is 0. The molecule has 0 saturated heterocycles. The van der Waals surface area contributed by atoms with Crippen LogP contribution in [0.2, 0.25) is 0 Å². The van der Waals surface area contributed by atoms with Gasteiger partial charge in [0.25, 0.3) is 0 Å². The topological polar surface area (TPSA) is 65.0 Å². The zero-order valence-electron chi connectivity index (χ0n) is 15.4. The minimum atomic E-state index is -3.94. The van der Waals surface area contributed by atoms with Gasteiger partial charge in [0.2, 0.25) is 0 Å². The second-order valence-electron chi connectivity index (χ2n) is 5.85. The van der Waals surface area contributed by atoms with E-state index in [0.717, 1.165) is 17.0 Å². The molecule has 0 aromatic heterocycles. The number of halogens is 2. The van der Waals surface area contributed by atoms with E-state index in [-0.39, 0.29) is 10.6 Å². The standard InChI is InChI=1S/C21H17Br2NO4S/c1-2-27-17-10-8-16(9-11-17)24-14-15-12-19(22)21(20(23)13-15)28-29(25,26)18-6-4-3-5-7-18/h3-14H,2H2,1H3. The Labute approximate surface area is 186 Å². The van der Waals surface area contributed by atoms with Crippen molar-refractivity contribution in [3.63, 3.8) is 0 Å². The first kappa shape index (κ1) is 21.5. The highest BCUT2D eigenvalue weighted by molar-refractivity contribution is 9.11. The van der Waals surface area contributed by atoms with Crippen molar-refractivity contribution in [3.8, 4) is 11.5 Å². The van der Waals surface area contributed by atoms with Crippen LogP contribution < -0.4 is 8.92 Å². The van der Waals surface area contributed by atoms with Crippen LogP contribution in [0.15, 0.2) is 85.6 Å². The molecule has 8 heteroatoms. The van der Waals surface area contributed by atoms with Gasteiger partial charge in [0.05, 0.1) is 21.2 Å². The second-order valence-corrected chi connectivity index (χ2v) is 9.10. The molecule has 0 radical (unpaired) electrons. The van der Waals surface area contributed by atoms with Crippen LogP contribution in [0, 0.1) is 0 Å². The fourth-order valence-corrected chi connectivity index (χ4v) is 5.01. The summed E-state index contributed by atoms with van der Waals surface area (Å²) in [6, 6.07) is 18.9. The summed E-state index contributed by atoms with van der Waals surface area (Å²) >= 11 is 6.76. The highest BCUT2D eigenvalue weighted by Crippen LogP contribution is 2.36. The van der Waals surface area contributed by atoms with Crippen LogP contribution in [0.4, 0.5) is 5.69 Å². The van der Waals surface area contributed by atoms with E-state index >= 15 is 0 Å². The molecule has 150 valence electrons. The number of hydrogen-bond donors (Lipinski definition) is 0. The van der Waals surface area contributed by atoms with Gasteiger partial charge < -0.3 is 8.92 Å². The molecule has 5 nitrogen and oxygen atoms in total.